The fourth-order valence-electron chi connectivity index (χ4n) is 2.23. The number of benzene rings is 1. The minimum atomic E-state index is -0.762. The number of amides is 1. The Bertz CT molecular complexity index is 870. The number of ether oxygens (including phenoxy) is 1. The van der Waals surface area contributed by atoms with E-state index in [1.165, 1.54) is 4.68 Å². The number of nitrogens with zero attached hydrogens (tertiary/aromatic N) is 5. The molecule has 2 aromatic heterocycles. The van der Waals surface area contributed by atoms with Crippen molar-refractivity contribution in [1.29, 1.82) is 0 Å². The molecular formula is C15H17N7O3. The first-order valence-electron chi connectivity index (χ1n) is 7.51. The standard InChI is InChI=1S/C15H17N7O3/c1-9-2-4-10(5-3-9)11-12(19-21-18-11)15-17-14(13(16)24)20-22(15)8-25-7-6-23/h2-5,23H,6-8H2,1H3,(H2,16,24)(H,18,19,21). The van der Waals surface area contributed by atoms with Gasteiger partial charge in [0.15, 0.2) is 11.5 Å². The van der Waals surface area contributed by atoms with E-state index in [-0.39, 0.29) is 31.6 Å². The number of rotatable bonds is 7. The number of nitrogens with one attached hydrogen (secondary N) is 1. The summed E-state index contributed by atoms with van der Waals surface area (Å²) in [7, 11) is 0. The van der Waals surface area contributed by atoms with E-state index in [2.05, 4.69) is 25.5 Å². The van der Waals surface area contributed by atoms with Gasteiger partial charge in [0.25, 0.3) is 5.91 Å². The Balaban J connectivity index is 2.02. The number of H-pyrrole nitrogens is 1. The molecule has 130 valence electrons. The van der Waals surface area contributed by atoms with Crippen molar-refractivity contribution in [3.05, 3.63) is 35.7 Å². The van der Waals surface area contributed by atoms with Crippen LogP contribution >= 0.6 is 0 Å². The summed E-state index contributed by atoms with van der Waals surface area (Å²) in [5.41, 5.74) is 8.19. The molecule has 1 aromatic carbocycles. The smallest absolute Gasteiger partial charge is 0.288 e. The van der Waals surface area contributed by atoms with E-state index in [4.69, 9.17) is 15.6 Å². The molecule has 0 aliphatic rings. The van der Waals surface area contributed by atoms with Gasteiger partial charge in [-0.25, -0.2) is 9.67 Å². The van der Waals surface area contributed by atoms with Crippen LogP contribution in [0, 0.1) is 6.92 Å². The molecule has 0 spiro atoms. The van der Waals surface area contributed by atoms with Crippen molar-refractivity contribution in [3.8, 4) is 22.8 Å². The highest BCUT2D eigenvalue weighted by molar-refractivity contribution is 5.89. The first-order valence-corrected chi connectivity index (χ1v) is 7.51. The van der Waals surface area contributed by atoms with Crippen molar-refractivity contribution in [2.24, 2.45) is 5.73 Å². The average Bonchev–Trinajstić information content (AvgIpc) is 3.22. The number of aliphatic hydroxyl groups is 1. The van der Waals surface area contributed by atoms with Crippen molar-refractivity contribution in [1.82, 2.24) is 30.2 Å². The summed E-state index contributed by atoms with van der Waals surface area (Å²) in [6.45, 7) is 1.96. The highest BCUT2D eigenvalue weighted by atomic mass is 16.5. The number of nitrogens with two attached hydrogens (primary N) is 1. The van der Waals surface area contributed by atoms with Crippen molar-refractivity contribution in [3.63, 3.8) is 0 Å². The van der Waals surface area contributed by atoms with Crippen LogP contribution in [-0.2, 0) is 11.5 Å². The summed E-state index contributed by atoms with van der Waals surface area (Å²) in [4.78, 5) is 15.6. The summed E-state index contributed by atoms with van der Waals surface area (Å²) in [5.74, 6) is -0.626. The maximum Gasteiger partial charge on any atom is 0.288 e. The number of carbonyl (C=O) groups excluding carboxylic acids is 1. The van der Waals surface area contributed by atoms with E-state index >= 15 is 0 Å². The van der Waals surface area contributed by atoms with Crippen molar-refractivity contribution < 1.29 is 14.6 Å². The highest BCUT2D eigenvalue weighted by Gasteiger charge is 2.22. The fraction of sp³-hybridized carbons (Fsp3) is 0.267. The summed E-state index contributed by atoms with van der Waals surface area (Å²) < 4.78 is 6.61. The molecule has 0 radical (unpaired) electrons. The Labute approximate surface area is 142 Å². The van der Waals surface area contributed by atoms with Crippen LogP contribution in [0.4, 0.5) is 0 Å². The van der Waals surface area contributed by atoms with E-state index in [0.717, 1.165) is 11.1 Å². The zero-order valence-electron chi connectivity index (χ0n) is 13.5. The zero-order valence-corrected chi connectivity index (χ0v) is 13.5. The SMILES string of the molecule is Cc1ccc(-c2n[nH]nc2-c2nc(C(N)=O)nn2COCCO)cc1. The number of aromatic amines is 1. The number of hydrogen-bond donors (Lipinski definition) is 3. The molecule has 0 saturated carbocycles. The molecule has 0 aliphatic heterocycles. The van der Waals surface area contributed by atoms with Crippen molar-refractivity contribution in [2.75, 3.05) is 13.2 Å². The molecular weight excluding hydrogens is 326 g/mol. The maximum atomic E-state index is 11.4. The number of aliphatic hydroxyl groups excluding tert-OH is 1. The maximum absolute atomic E-state index is 11.4. The first kappa shape index (κ1) is 16.7. The molecule has 0 aliphatic carbocycles. The summed E-state index contributed by atoms with van der Waals surface area (Å²) >= 11 is 0. The van der Waals surface area contributed by atoms with Gasteiger partial charge >= 0.3 is 0 Å². The van der Waals surface area contributed by atoms with Crippen LogP contribution in [0.3, 0.4) is 0 Å². The van der Waals surface area contributed by atoms with Crippen LogP contribution in [0.25, 0.3) is 22.8 Å². The molecule has 3 aromatic rings. The van der Waals surface area contributed by atoms with Gasteiger partial charge in [-0.05, 0) is 6.92 Å². The lowest BCUT2D eigenvalue weighted by molar-refractivity contribution is 0.0424. The largest absolute Gasteiger partial charge is 0.394 e. The summed E-state index contributed by atoms with van der Waals surface area (Å²) in [6, 6.07) is 7.73. The lowest BCUT2D eigenvalue weighted by Gasteiger charge is -2.05. The van der Waals surface area contributed by atoms with Crippen LogP contribution in [0.2, 0.25) is 0 Å². The van der Waals surface area contributed by atoms with Gasteiger partial charge in [0, 0.05) is 5.56 Å². The predicted molar refractivity (Wildman–Crippen MR) is 87.1 cm³/mol. The zero-order chi connectivity index (χ0) is 17.8. The highest BCUT2D eigenvalue weighted by Crippen LogP contribution is 2.27. The second-order valence-corrected chi connectivity index (χ2v) is 5.27. The lowest BCUT2D eigenvalue weighted by atomic mass is 10.1. The number of aromatic nitrogens is 6. The number of aryl methyl sites for hydroxylation is 1. The number of carbonyl (C=O) groups is 1. The minimum absolute atomic E-state index is 0.0175. The average molecular weight is 343 g/mol. The second kappa shape index (κ2) is 7.20. The molecule has 0 saturated heterocycles. The lowest BCUT2D eigenvalue weighted by Crippen LogP contribution is -2.14. The molecule has 4 N–H and O–H groups in total. The van der Waals surface area contributed by atoms with E-state index in [1.54, 1.807) is 0 Å². The Morgan fingerprint density at radius 2 is 2.00 bits per heavy atom. The van der Waals surface area contributed by atoms with Gasteiger partial charge < -0.3 is 15.6 Å². The van der Waals surface area contributed by atoms with Crippen LogP contribution in [0.1, 0.15) is 16.2 Å². The third-order valence-electron chi connectivity index (χ3n) is 3.43. The van der Waals surface area contributed by atoms with Crippen LogP contribution in [0.15, 0.2) is 24.3 Å². The van der Waals surface area contributed by atoms with Gasteiger partial charge in [0.05, 0.1) is 13.2 Å². The fourth-order valence-corrected chi connectivity index (χ4v) is 2.23. The topological polar surface area (TPSA) is 145 Å². The van der Waals surface area contributed by atoms with Crippen molar-refractivity contribution in [2.45, 2.75) is 13.7 Å². The summed E-state index contributed by atoms with van der Waals surface area (Å²) in [6.07, 6.45) is 0. The van der Waals surface area contributed by atoms with Gasteiger partial charge in [0.1, 0.15) is 12.4 Å². The third kappa shape index (κ3) is 3.54. The van der Waals surface area contributed by atoms with E-state index in [9.17, 15) is 4.79 Å². The monoisotopic (exact) mass is 343 g/mol. The molecule has 10 heteroatoms. The molecule has 0 bridgehead atoms. The van der Waals surface area contributed by atoms with Crippen LogP contribution in [0.5, 0.6) is 0 Å². The Kier molecular flexibility index (Phi) is 4.82. The summed E-state index contributed by atoms with van der Waals surface area (Å²) in [5, 5.41) is 23.7. The van der Waals surface area contributed by atoms with E-state index in [1.807, 2.05) is 31.2 Å². The first-order chi connectivity index (χ1) is 12.1. The minimum Gasteiger partial charge on any atom is -0.394 e. The van der Waals surface area contributed by atoms with Gasteiger partial charge in [-0.15, -0.1) is 5.10 Å². The molecule has 0 unspecified atom stereocenters. The van der Waals surface area contributed by atoms with Crippen molar-refractivity contribution >= 4 is 5.91 Å². The normalized spacial score (nSPS) is 11.0. The van der Waals surface area contributed by atoms with E-state index in [0.29, 0.717) is 11.4 Å². The Morgan fingerprint density at radius 1 is 1.28 bits per heavy atom. The van der Waals surface area contributed by atoms with Crippen LogP contribution < -0.4 is 5.73 Å². The molecule has 0 fully saturated rings. The molecule has 25 heavy (non-hydrogen) atoms. The molecule has 2 heterocycles. The number of hydrogen-bond acceptors (Lipinski definition) is 7. The van der Waals surface area contributed by atoms with Gasteiger partial charge in [-0.3, -0.25) is 4.79 Å². The Morgan fingerprint density at radius 3 is 2.68 bits per heavy atom. The van der Waals surface area contributed by atoms with Gasteiger partial charge in [0.2, 0.25) is 5.82 Å². The Hall–Kier alpha value is -3.11. The van der Waals surface area contributed by atoms with Gasteiger partial charge in [-0.1, -0.05) is 29.8 Å². The van der Waals surface area contributed by atoms with Crippen LogP contribution in [-0.4, -0.2) is 54.4 Å². The van der Waals surface area contributed by atoms with Gasteiger partial charge in [-0.2, -0.15) is 15.4 Å². The van der Waals surface area contributed by atoms with E-state index < -0.39 is 5.91 Å². The quantitative estimate of drug-likeness (QED) is 0.516. The molecule has 0 atom stereocenters. The molecule has 10 nitrogen and oxygen atoms in total. The second-order valence-electron chi connectivity index (χ2n) is 5.27. The molecule has 3 rings (SSSR count). The number of primary amides is 1. The predicted octanol–water partition coefficient (Wildman–Crippen LogP) is 0.104. The third-order valence-corrected chi connectivity index (χ3v) is 3.43. The molecule has 1 amide bonds.